The monoisotopic (exact) mass is 469 g/mol. The molecule has 0 atom stereocenters. The van der Waals surface area contributed by atoms with Crippen LogP contribution in [-0.2, 0) is 14.8 Å². The average Bonchev–Trinajstić information content (AvgIpc) is 2.81. The molecular weight excluding hydrogens is 446 g/mol. The van der Waals surface area contributed by atoms with E-state index in [0.717, 1.165) is 6.07 Å². The van der Waals surface area contributed by atoms with Crippen LogP contribution in [0.15, 0.2) is 77.7 Å². The molecule has 0 bridgehead atoms. The van der Waals surface area contributed by atoms with Gasteiger partial charge in [-0.05, 0) is 42.5 Å². The molecule has 0 unspecified atom stereocenters. The van der Waals surface area contributed by atoms with Crippen LogP contribution in [0, 0.1) is 0 Å². The van der Waals surface area contributed by atoms with E-state index >= 15 is 0 Å². The van der Waals surface area contributed by atoms with Crippen LogP contribution in [-0.4, -0.2) is 39.0 Å². The number of para-hydroxylation sites is 2. The van der Waals surface area contributed by atoms with Gasteiger partial charge in [0.25, 0.3) is 15.9 Å². The minimum absolute atomic E-state index is 0.0632. The van der Waals surface area contributed by atoms with Crippen LogP contribution >= 0.6 is 0 Å². The maximum absolute atomic E-state index is 12.8. The van der Waals surface area contributed by atoms with Crippen molar-refractivity contribution in [2.45, 2.75) is 11.3 Å². The van der Waals surface area contributed by atoms with E-state index in [1.54, 1.807) is 54.6 Å². The fourth-order valence-corrected chi connectivity index (χ4v) is 4.01. The third-order valence-electron chi connectivity index (χ3n) is 4.58. The average molecular weight is 470 g/mol. The van der Waals surface area contributed by atoms with E-state index in [-0.39, 0.29) is 40.9 Å². The lowest BCUT2D eigenvalue weighted by atomic mass is 10.2. The molecular formula is C23H23N3O6S. The molecule has 4 N–H and O–H groups in total. The van der Waals surface area contributed by atoms with E-state index in [0.29, 0.717) is 11.3 Å². The Morgan fingerprint density at radius 1 is 0.939 bits per heavy atom. The quantitative estimate of drug-likeness (QED) is 0.356. The summed E-state index contributed by atoms with van der Waals surface area (Å²) in [7, 11) is -2.61. The van der Waals surface area contributed by atoms with Crippen molar-refractivity contribution in [2.24, 2.45) is 0 Å². The SMILES string of the molecule is COc1ccccc1NS(=O)(=O)c1ccc(O)c(NC(=O)CCNC(=O)c2ccccc2)c1. The predicted molar refractivity (Wildman–Crippen MR) is 124 cm³/mol. The Morgan fingerprint density at radius 3 is 2.36 bits per heavy atom. The maximum Gasteiger partial charge on any atom is 0.262 e. The molecule has 0 heterocycles. The van der Waals surface area contributed by atoms with Gasteiger partial charge in [-0.2, -0.15) is 0 Å². The molecule has 0 fully saturated rings. The van der Waals surface area contributed by atoms with E-state index in [1.165, 1.54) is 19.2 Å². The van der Waals surface area contributed by atoms with Crippen LogP contribution in [0.1, 0.15) is 16.8 Å². The summed E-state index contributed by atoms with van der Waals surface area (Å²) in [5.74, 6) is -0.786. The molecule has 0 aromatic heterocycles. The zero-order valence-electron chi connectivity index (χ0n) is 17.7. The molecule has 9 nitrogen and oxygen atoms in total. The summed E-state index contributed by atoms with van der Waals surface area (Å²) in [4.78, 5) is 24.1. The topological polar surface area (TPSA) is 134 Å². The summed E-state index contributed by atoms with van der Waals surface area (Å²) in [5, 5.41) is 15.2. The summed E-state index contributed by atoms with van der Waals surface area (Å²) >= 11 is 0. The van der Waals surface area contributed by atoms with Gasteiger partial charge in [0.15, 0.2) is 0 Å². The number of nitrogens with one attached hydrogen (secondary N) is 3. The maximum atomic E-state index is 12.8. The highest BCUT2D eigenvalue weighted by Gasteiger charge is 2.19. The van der Waals surface area contributed by atoms with Crippen molar-refractivity contribution in [1.82, 2.24) is 5.32 Å². The number of rotatable bonds is 9. The lowest BCUT2D eigenvalue weighted by Gasteiger charge is -2.13. The number of hydrogen-bond acceptors (Lipinski definition) is 6. The summed E-state index contributed by atoms with van der Waals surface area (Å²) in [5.41, 5.74) is 0.640. The van der Waals surface area contributed by atoms with Gasteiger partial charge in [-0.1, -0.05) is 30.3 Å². The molecule has 172 valence electrons. The Kier molecular flexibility index (Phi) is 7.52. The first-order valence-corrected chi connectivity index (χ1v) is 11.4. The number of anilines is 2. The summed E-state index contributed by atoms with van der Waals surface area (Å²) in [6.07, 6.45) is -0.0749. The first-order chi connectivity index (χ1) is 15.8. The van der Waals surface area contributed by atoms with Gasteiger partial charge >= 0.3 is 0 Å². The molecule has 0 aliphatic rings. The zero-order valence-corrected chi connectivity index (χ0v) is 18.6. The van der Waals surface area contributed by atoms with Gasteiger partial charge in [0.05, 0.1) is 23.4 Å². The highest BCUT2D eigenvalue weighted by atomic mass is 32.2. The van der Waals surface area contributed by atoms with Crippen molar-refractivity contribution in [3.05, 3.63) is 78.4 Å². The van der Waals surface area contributed by atoms with Gasteiger partial charge in [0.1, 0.15) is 11.5 Å². The van der Waals surface area contributed by atoms with E-state index in [9.17, 15) is 23.1 Å². The van der Waals surface area contributed by atoms with Gasteiger partial charge in [0.2, 0.25) is 5.91 Å². The Bertz CT molecular complexity index is 1250. The number of aromatic hydroxyl groups is 1. The third-order valence-corrected chi connectivity index (χ3v) is 5.94. The third kappa shape index (κ3) is 6.23. The molecule has 3 rings (SSSR count). The van der Waals surface area contributed by atoms with Gasteiger partial charge in [-0.15, -0.1) is 0 Å². The van der Waals surface area contributed by atoms with Gasteiger partial charge in [0, 0.05) is 18.5 Å². The Hall–Kier alpha value is -4.05. The Balaban J connectivity index is 1.64. The number of ether oxygens (including phenoxy) is 1. The standard InChI is InChI=1S/C23H23N3O6S/c1-32-21-10-6-5-9-18(21)26-33(30,31)17-11-12-20(27)19(15-17)25-22(28)13-14-24-23(29)16-7-3-2-4-8-16/h2-12,15,26-27H,13-14H2,1H3,(H,24,29)(H,25,28). The Morgan fingerprint density at radius 2 is 1.64 bits per heavy atom. The molecule has 0 radical (unpaired) electrons. The van der Waals surface area contributed by atoms with E-state index in [4.69, 9.17) is 4.74 Å². The van der Waals surface area contributed by atoms with Crippen LogP contribution in [0.2, 0.25) is 0 Å². The van der Waals surface area contributed by atoms with Crippen LogP contribution in [0.3, 0.4) is 0 Å². The molecule has 33 heavy (non-hydrogen) atoms. The first-order valence-electron chi connectivity index (χ1n) is 9.92. The molecule has 3 aromatic rings. The lowest BCUT2D eigenvalue weighted by Crippen LogP contribution is -2.27. The first kappa shape index (κ1) is 23.6. The van der Waals surface area contributed by atoms with Crippen LogP contribution in [0.5, 0.6) is 11.5 Å². The Labute approximate surface area is 191 Å². The zero-order chi connectivity index (χ0) is 23.8. The number of carbonyl (C=O) groups excluding carboxylic acids is 2. The van der Waals surface area contributed by atoms with Crippen molar-refractivity contribution in [3.8, 4) is 11.5 Å². The minimum atomic E-state index is -4.03. The number of sulfonamides is 1. The number of phenols is 1. The number of methoxy groups -OCH3 is 1. The van der Waals surface area contributed by atoms with Gasteiger partial charge in [-0.25, -0.2) is 8.42 Å². The number of hydrogen-bond donors (Lipinski definition) is 4. The molecule has 0 saturated heterocycles. The molecule has 0 spiro atoms. The normalized spacial score (nSPS) is 10.8. The molecule has 0 aliphatic carbocycles. The molecule has 10 heteroatoms. The fraction of sp³-hybridized carbons (Fsp3) is 0.130. The highest BCUT2D eigenvalue weighted by Crippen LogP contribution is 2.30. The smallest absolute Gasteiger partial charge is 0.262 e. The van der Waals surface area contributed by atoms with Crippen LogP contribution in [0.25, 0.3) is 0 Å². The van der Waals surface area contributed by atoms with Crippen molar-refractivity contribution >= 4 is 33.2 Å². The second-order valence-corrected chi connectivity index (χ2v) is 8.59. The van der Waals surface area contributed by atoms with Crippen molar-refractivity contribution in [3.63, 3.8) is 0 Å². The number of amides is 2. The second-order valence-electron chi connectivity index (χ2n) is 6.90. The molecule has 0 aliphatic heterocycles. The van der Waals surface area contributed by atoms with Crippen molar-refractivity contribution < 1.29 is 27.9 Å². The van der Waals surface area contributed by atoms with Crippen LogP contribution in [0.4, 0.5) is 11.4 Å². The second kappa shape index (κ2) is 10.5. The largest absolute Gasteiger partial charge is 0.506 e. The summed E-state index contributed by atoms with van der Waals surface area (Å²) in [6.45, 7) is 0.0632. The number of carbonyl (C=O) groups is 2. The molecule has 2 amide bonds. The van der Waals surface area contributed by atoms with Gasteiger partial charge < -0.3 is 20.5 Å². The summed E-state index contributed by atoms with van der Waals surface area (Å²) < 4.78 is 33.2. The predicted octanol–water partition coefficient (Wildman–Crippen LogP) is 2.96. The van der Waals surface area contributed by atoms with Crippen molar-refractivity contribution in [2.75, 3.05) is 23.7 Å². The minimum Gasteiger partial charge on any atom is -0.506 e. The lowest BCUT2D eigenvalue weighted by molar-refractivity contribution is -0.116. The molecule has 3 aromatic carbocycles. The summed E-state index contributed by atoms with van der Waals surface area (Å²) in [6, 6.07) is 18.6. The number of phenolic OH excluding ortho intramolecular Hbond substituents is 1. The van der Waals surface area contributed by atoms with Crippen molar-refractivity contribution in [1.29, 1.82) is 0 Å². The number of benzene rings is 3. The van der Waals surface area contributed by atoms with E-state index in [2.05, 4.69) is 15.4 Å². The van der Waals surface area contributed by atoms with E-state index < -0.39 is 15.9 Å². The fourth-order valence-electron chi connectivity index (χ4n) is 2.91. The van der Waals surface area contributed by atoms with E-state index in [1.807, 2.05) is 0 Å². The van der Waals surface area contributed by atoms with Gasteiger partial charge in [-0.3, -0.25) is 14.3 Å². The van der Waals surface area contributed by atoms with Crippen LogP contribution < -0.4 is 20.1 Å². The highest BCUT2D eigenvalue weighted by molar-refractivity contribution is 7.92. The molecule has 0 saturated carbocycles.